The lowest BCUT2D eigenvalue weighted by molar-refractivity contribution is 0.126. The topological polar surface area (TPSA) is 38.9 Å². The molecule has 0 spiro atoms. The van der Waals surface area contributed by atoms with Gasteiger partial charge in [0.15, 0.2) is 0 Å². The van der Waals surface area contributed by atoms with Crippen molar-refractivity contribution in [2.45, 2.75) is 65.2 Å². The smallest absolute Gasteiger partial charge is 0.105 e. The summed E-state index contributed by atoms with van der Waals surface area (Å²) in [6, 6.07) is 2.83. The van der Waals surface area contributed by atoms with E-state index in [1.807, 2.05) is 10.9 Å². The van der Waals surface area contributed by atoms with Gasteiger partial charge in [-0.2, -0.15) is 5.10 Å². The van der Waals surface area contributed by atoms with Gasteiger partial charge < -0.3 is 4.57 Å². The first-order valence-electron chi connectivity index (χ1n) is 8.50. The summed E-state index contributed by atoms with van der Waals surface area (Å²) in [4.78, 5) is 6.94. The maximum absolute atomic E-state index is 4.64. The molecule has 0 unspecified atom stereocenters. The van der Waals surface area contributed by atoms with Gasteiger partial charge in [-0.05, 0) is 45.7 Å². The molecule has 22 heavy (non-hydrogen) atoms. The molecule has 0 N–H and O–H groups in total. The van der Waals surface area contributed by atoms with Crippen molar-refractivity contribution >= 4 is 0 Å². The Balaban J connectivity index is 1.59. The molecule has 0 radical (unpaired) electrons. The van der Waals surface area contributed by atoms with Crippen molar-refractivity contribution in [3.8, 4) is 0 Å². The molecule has 0 amide bonds. The second-order valence-electron chi connectivity index (χ2n) is 6.24. The Morgan fingerprint density at radius 2 is 2.18 bits per heavy atom. The highest BCUT2D eigenvalue weighted by molar-refractivity contribution is 5.00. The van der Waals surface area contributed by atoms with Gasteiger partial charge in [-0.25, -0.2) is 4.98 Å². The van der Waals surface area contributed by atoms with Crippen LogP contribution >= 0.6 is 0 Å². The van der Waals surface area contributed by atoms with Crippen molar-refractivity contribution in [2.75, 3.05) is 6.54 Å². The van der Waals surface area contributed by atoms with E-state index >= 15 is 0 Å². The highest BCUT2D eigenvalue weighted by Gasteiger charge is 2.23. The Morgan fingerprint density at radius 1 is 1.27 bits per heavy atom. The minimum Gasteiger partial charge on any atom is -0.335 e. The molecule has 0 aromatic carbocycles. The minimum atomic E-state index is 0.669. The van der Waals surface area contributed by atoms with Gasteiger partial charge in [0.25, 0.3) is 0 Å². The minimum absolute atomic E-state index is 0.669. The fraction of sp³-hybridized carbons (Fsp3) is 0.647. The van der Waals surface area contributed by atoms with E-state index in [9.17, 15) is 0 Å². The monoisotopic (exact) mass is 301 g/mol. The van der Waals surface area contributed by atoms with Crippen LogP contribution < -0.4 is 0 Å². The molecule has 5 nitrogen and oxygen atoms in total. The summed E-state index contributed by atoms with van der Waals surface area (Å²) in [5, 5.41) is 4.64. The summed E-state index contributed by atoms with van der Waals surface area (Å²) in [5.74, 6) is 1.11. The number of aromatic nitrogens is 4. The van der Waals surface area contributed by atoms with Gasteiger partial charge in [0.1, 0.15) is 5.82 Å². The number of nitrogens with zero attached hydrogens (tertiary/aromatic N) is 5. The normalized spacial score (nSPS) is 19.6. The molecule has 1 saturated heterocycles. The van der Waals surface area contributed by atoms with E-state index in [4.69, 9.17) is 0 Å². The number of likely N-dealkylation sites (tertiary alicyclic amines) is 1. The highest BCUT2D eigenvalue weighted by atomic mass is 15.3. The van der Waals surface area contributed by atoms with Crippen LogP contribution in [-0.4, -0.2) is 36.8 Å². The van der Waals surface area contributed by atoms with Crippen LogP contribution in [-0.2, 0) is 19.6 Å². The maximum atomic E-state index is 4.64. The van der Waals surface area contributed by atoms with E-state index < -0.39 is 0 Å². The molecule has 1 aliphatic heterocycles. The van der Waals surface area contributed by atoms with Crippen LogP contribution in [0.15, 0.2) is 24.7 Å². The van der Waals surface area contributed by atoms with Crippen molar-refractivity contribution in [1.82, 2.24) is 24.2 Å². The second-order valence-corrected chi connectivity index (χ2v) is 6.24. The van der Waals surface area contributed by atoms with Gasteiger partial charge in [0, 0.05) is 44.3 Å². The van der Waals surface area contributed by atoms with Crippen LogP contribution in [0.25, 0.3) is 0 Å². The molecule has 3 heterocycles. The summed E-state index contributed by atoms with van der Waals surface area (Å²) < 4.78 is 4.28. The lowest BCUT2D eigenvalue weighted by atomic mass is 9.99. The van der Waals surface area contributed by atoms with Crippen LogP contribution in [0.3, 0.4) is 0 Å². The highest BCUT2D eigenvalue weighted by Crippen LogP contribution is 2.22. The Labute approximate surface area is 133 Å². The Morgan fingerprint density at radius 3 is 2.91 bits per heavy atom. The maximum Gasteiger partial charge on any atom is 0.105 e. The quantitative estimate of drug-likeness (QED) is 0.823. The second kappa shape index (κ2) is 7.09. The predicted octanol–water partition coefficient (Wildman–Crippen LogP) is 2.85. The van der Waals surface area contributed by atoms with Crippen LogP contribution in [0.2, 0.25) is 0 Å². The number of hydrogen-bond donors (Lipinski definition) is 0. The molecule has 2 aromatic rings. The number of aryl methyl sites for hydroxylation is 3. The predicted molar refractivity (Wildman–Crippen MR) is 87.5 cm³/mol. The van der Waals surface area contributed by atoms with Crippen LogP contribution in [0, 0.1) is 6.92 Å². The molecule has 2 aromatic heterocycles. The van der Waals surface area contributed by atoms with Crippen LogP contribution in [0.4, 0.5) is 0 Å². The molecule has 0 aliphatic carbocycles. The fourth-order valence-electron chi connectivity index (χ4n) is 3.40. The third-order valence-electron chi connectivity index (χ3n) is 4.76. The zero-order valence-electron chi connectivity index (χ0n) is 13.8. The molecular formula is C17H27N5. The van der Waals surface area contributed by atoms with Gasteiger partial charge in [0.05, 0.1) is 5.69 Å². The molecule has 5 heteroatoms. The number of rotatable bonds is 6. The molecule has 3 rings (SSSR count). The Kier molecular flexibility index (Phi) is 4.93. The van der Waals surface area contributed by atoms with E-state index in [1.54, 1.807) is 0 Å². The van der Waals surface area contributed by atoms with Crippen molar-refractivity contribution in [3.63, 3.8) is 0 Å². The van der Waals surface area contributed by atoms with Crippen LogP contribution in [0.5, 0.6) is 0 Å². The zero-order valence-corrected chi connectivity index (χ0v) is 13.8. The summed E-state index contributed by atoms with van der Waals surface area (Å²) in [6.45, 7) is 8.41. The number of imidazole rings is 1. The largest absolute Gasteiger partial charge is 0.335 e. The number of piperidine rings is 1. The third-order valence-corrected chi connectivity index (χ3v) is 4.76. The molecule has 0 saturated carbocycles. The van der Waals surface area contributed by atoms with Crippen molar-refractivity contribution < 1.29 is 0 Å². The third kappa shape index (κ3) is 3.58. The van der Waals surface area contributed by atoms with Gasteiger partial charge in [-0.1, -0.05) is 6.42 Å². The van der Waals surface area contributed by atoms with Crippen molar-refractivity contribution in [3.05, 3.63) is 36.2 Å². The molecule has 1 atom stereocenters. The van der Waals surface area contributed by atoms with Crippen LogP contribution in [0.1, 0.15) is 44.1 Å². The van der Waals surface area contributed by atoms with Crippen molar-refractivity contribution in [2.24, 2.45) is 0 Å². The average Bonchev–Trinajstić information content (AvgIpc) is 3.15. The summed E-state index contributed by atoms with van der Waals surface area (Å²) in [5.41, 5.74) is 1.20. The SMILES string of the molecule is CCn1ccc(CN2CCCC[C@@H]2CCn2ccnc2C)n1. The molecule has 1 fully saturated rings. The lowest BCUT2D eigenvalue weighted by Crippen LogP contribution is -2.39. The molecular weight excluding hydrogens is 274 g/mol. The fourth-order valence-corrected chi connectivity index (χ4v) is 3.40. The van der Waals surface area contributed by atoms with E-state index in [-0.39, 0.29) is 0 Å². The first kappa shape index (κ1) is 15.3. The van der Waals surface area contributed by atoms with Crippen molar-refractivity contribution in [1.29, 1.82) is 0 Å². The van der Waals surface area contributed by atoms with Gasteiger partial charge in [-0.3, -0.25) is 9.58 Å². The summed E-state index contributed by atoms with van der Waals surface area (Å²) in [6.07, 6.45) is 11.2. The number of hydrogen-bond acceptors (Lipinski definition) is 3. The summed E-state index contributed by atoms with van der Waals surface area (Å²) in [7, 11) is 0. The average molecular weight is 301 g/mol. The molecule has 1 aliphatic rings. The van der Waals surface area contributed by atoms with E-state index in [0.29, 0.717) is 6.04 Å². The lowest BCUT2D eigenvalue weighted by Gasteiger charge is -2.35. The Bertz CT molecular complexity index is 585. The standard InChI is InChI=1S/C17H27N5/c1-3-22-12-7-16(19-22)14-21-10-5-4-6-17(21)8-11-20-13-9-18-15(20)2/h7,9,12-13,17H,3-6,8,10-11,14H2,1-2H3/t17-/m1/s1. The molecule has 120 valence electrons. The van der Waals surface area contributed by atoms with Gasteiger partial charge >= 0.3 is 0 Å². The van der Waals surface area contributed by atoms with E-state index in [1.165, 1.54) is 37.9 Å². The van der Waals surface area contributed by atoms with E-state index in [0.717, 1.165) is 25.5 Å². The first-order chi connectivity index (χ1) is 10.8. The molecule has 0 bridgehead atoms. The van der Waals surface area contributed by atoms with E-state index in [2.05, 4.69) is 51.9 Å². The Hall–Kier alpha value is -1.62. The first-order valence-corrected chi connectivity index (χ1v) is 8.50. The van der Waals surface area contributed by atoms with Gasteiger partial charge in [0.2, 0.25) is 0 Å². The zero-order chi connectivity index (χ0) is 15.4. The van der Waals surface area contributed by atoms with Gasteiger partial charge in [-0.15, -0.1) is 0 Å². The summed E-state index contributed by atoms with van der Waals surface area (Å²) >= 11 is 0.